The van der Waals surface area contributed by atoms with Crippen LogP contribution in [0.4, 0.5) is 5.69 Å². The lowest BCUT2D eigenvalue weighted by Gasteiger charge is -2.17. The zero-order chi connectivity index (χ0) is 14.6. The monoisotopic (exact) mass is 267 g/mol. The number of carboxylic acid groups (broad SMARTS) is 1. The van der Waals surface area contributed by atoms with Crippen molar-refractivity contribution in [3.63, 3.8) is 0 Å². The molecule has 0 radical (unpaired) electrons. The summed E-state index contributed by atoms with van der Waals surface area (Å²) in [7, 11) is 0. The van der Waals surface area contributed by atoms with Crippen LogP contribution in [0.25, 0.3) is 0 Å². The SMILES string of the molecule is Cc1ccc([N+](=O)[O-])c(OC(CC(C)C)C(=O)O)c1. The number of aliphatic carboxylic acids is 1. The maximum Gasteiger partial charge on any atom is 0.344 e. The Morgan fingerprint density at radius 3 is 2.58 bits per heavy atom. The highest BCUT2D eigenvalue weighted by Gasteiger charge is 2.25. The lowest BCUT2D eigenvalue weighted by atomic mass is 10.1. The van der Waals surface area contributed by atoms with Crippen LogP contribution < -0.4 is 4.74 Å². The Morgan fingerprint density at radius 2 is 2.11 bits per heavy atom. The molecule has 0 heterocycles. The van der Waals surface area contributed by atoms with Crippen molar-refractivity contribution >= 4 is 11.7 Å². The van der Waals surface area contributed by atoms with Gasteiger partial charge in [0.25, 0.3) is 0 Å². The smallest absolute Gasteiger partial charge is 0.344 e. The van der Waals surface area contributed by atoms with E-state index >= 15 is 0 Å². The zero-order valence-electron chi connectivity index (χ0n) is 11.1. The summed E-state index contributed by atoms with van der Waals surface area (Å²) in [5, 5.41) is 20.0. The molecule has 1 rings (SSSR count). The highest BCUT2D eigenvalue weighted by Crippen LogP contribution is 2.29. The maximum absolute atomic E-state index is 11.1. The highest BCUT2D eigenvalue weighted by atomic mass is 16.6. The summed E-state index contributed by atoms with van der Waals surface area (Å²) < 4.78 is 5.32. The van der Waals surface area contributed by atoms with Gasteiger partial charge in [0.15, 0.2) is 11.9 Å². The average molecular weight is 267 g/mol. The second-order valence-electron chi connectivity index (χ2n) is 4.80. The van der Waals surface area contributed by atoms with Gasteiger partial charge in [0.05, 0.1) is 4.92 Å². The minimum absolute atomic E-state index is 0.00181. The summed E-state index contributed by atoms with van der Waals surface area (Å²) in [6, 6.07) is 4.39. The first kappa shape index (κ1) is 14.9. The van der Waals surface area contributed by atoms with Crippen LogP contribution in [0.2, 0.25) is 0 Å². The molecule has 0 aliphatic heterocycles. The molecular weight excluding hydrogens is 250 g/mol. The van der Waals surface area contributed by atoms with Gasteiger partial charge >= 0.3 is 11.7 Å². The van der Waals surface area contributed by atoms with Crippen LogP contribution >= 0.6 is 0 Å². The molecule has 0 saturated heterocycles. The Kier molecular flexibility index (Phi) is 4.86. The van der Waals surface area contributed by atoms with Crippen molar-refractivity contribution in [2.24, 2.45) is 5.92 Å². The second kappa shape index (κ2) is 6.17. The normalized spacial score (nSPS) is 12.2. The molecule has 0 amide bonds. The molecule has 0 aliphatic rings. The highest BCUT2D eigenvalue weighted by molar-refractivity contribution is 5.73. The van der Waals surface area contributed by atoms with Crippen molar-refractivity contribution in [1.29, 1.82) is 0 Å². The second-order valence-corrected chi connectivity index (χ2v) is 4.80. The van der Waals surface area contributed by atoms with Crippen LogP contribution in [-0.2, 0) is 4.79 Å². The van der Waals surface area contributed by atoms with E-state index in [0.29, 0.717) is 6.42 Å². The predicted octanol–water partition coefficient (Wildman–Crippen LogP) is 2.78. The lowest BCUT2D eigenvalue weighted by molar-refractivity contribution is -0.386. The molecule has 1 aromatic carbocycles. The number of carbonyl (C=O) groups is 1. The van der Waals surface area contributed by atoms with Crippen LogP contribution in [0.1, 0.15) is 25.8 Å². The average Bonchev–Trinajstić information content (AvgIpc) is 2.26. The van der Waals surface area contributed by atoms with Gasteiger partial charge in [0.1, 0.15) is 0 Å². The third-order valence-corrected chi connectivity index (χ3v) is 2.54. The van der Waals surface area contributed by atoms with E-state index in [1.165, 1.54) is 12.1 Å². The van der Waals surface area contributed by atoms with Gasteiger partial charge in [-0.15, -0.1) is 0 Å². The van der Waals surface area contributed by atoms with Crippen LogP contribution in [0, 0.1) is 23.0 Å². The molecule has 0 spiro atoms. The number of rotatable bonds is 6. The van der Waals surface area contributed by atoms with Crippen molar-refractivity contribution in [2.75, 3.05) is 0 Å². The number of hydrogen-bond acceptors (Lipinski definition) is 4. The minimum Gasteiger partial charge on any atom is -0.479 e. The first-order valence-corrected chi connectivity index (χ1v) is 5.95. The number of nitro groups is 1. The third kappa shape index (κ3) is 4.24. The summed E-state index contributed by atoms with van der Waals surface area (Å²) in [5.41, 5.74) is 0.551. The van der Waals surface area contributed by atoms with Crippen molar-refractivity contribution in [2.45, 2.75) is 33.3 Å². The van der Waals surface area contributed by atoms with Gasteiger partial charge in [-0.25, -0.2) is 4.79 Å². The molecule has 0 bridgehead atoms. The van der Waals surface area contributed by atoms with E-state index in [-0.39, 0.29) is 17.4 Å². The minimum atomic E-state index is -1.12. The molecule has 1 atom stereocenters. The number of aryl methyl sites for hydroxylation is 1. The van der Waals surface area contributed by atoms with Gasteiger partial charge in [0.2, 0.25) is 0 Å². The molecule has 6 heteroatoms. The summed E-state index contributed by atoms with van der Waals surface area (Å²) in [5.74, 6) is -1.01. The molecule has 0 aliphatic carbocycles. The third-order valence-electron chi connectivity index (χ3n) is 2.54. The molecule has 0 aromatic heterocycles. The fourth-order valence-electron chi connectivity index (χ4n) is 1.65. The van der Waals surface area contributed by atoms with Crippen LogP contribution in [-0.4, -0.2) is 22.1 Å². The van der Waals surface area contributed by atoms with Gasteiger partial charge in [-0.1, -0.05) is 19.9 Å². The van der Waals surface area contributed by atoms with Gasteiger partial charge in [0, 0.05) is 6.07 Å². The van der Waals surface area contributed by atoms with Crippen molar-refractivity contribution < 1.29 is 19.6 Å². The van der Waals surface area contributed by atoms with E-state index < -0.39 is 17.0 Å². The van der Waals surface area contributed by atoms with Crippen LogP contribution in [0.3, 0.4) is 0 Å². The molecule has 1 unspecified atom stereocenters. The Balaban J connectivity index is 3.04. The Bertz CT molecular complexity index is 484. The Morgan fingerprint density at radius 1 is 1.47 bits per heavy atom. The summed E-state index contributed by atoms with van der Waals surface area (Å²) >= 11 is 0. The fraction of sp³-hybridized carbons (Fsp3) is 0.462. The first-order chi connectivity index (χ1) is 8.81. The number of nitro benzene ring substituents is 1. The first-order valence-electron chi connectivity index (χ1n) is 5.95. The number of carboxylic acids is 1. The quantitative estimate of drug-likeness (QED) is 0.632. The van der Waals surface area contributed by atoms with Gasteiger partial charge in [-0.05, 0) is 30.9 Å². The number of ether oxygens (including phenoxy) is 1. The Hall–Kier alpha value is -2.11. The van der Waals surface area contributed by atoms with Crippen LogP contribution in [0.15, 0.2) is 18.2 Å². The molecule has 19 heavy (non-hydrogen) atoms. The van der Waals surface area contributed by atoms with E-state index in [0.717, 1.165) is 5.56 Å². The van der Waals surface area contributed by atoms with E-state index in [2.05, 4.69) is 0 Å². The van der Waals surface area contributed by atoms with Crippen molar-refractivity contribution in [3.8, 4) is 5.75 Å². The van der Waals surface area contributed by atoms with Gasteiger partial charge in [-0.3, -0.25) is 10.1 Å². The summed E-state index contributed by atoms with van der Waals surface area (Å²) in [4.78, 5) is 21.4. The van der Waals surface area contributed by atoms with E-state index in [1.807, 2.05) is 13.8 Å². The van der Waals surface area contributed by atoms with E-state index in [1.54, 1.807) is 13.0 Å². The zero-order valence-corrected chi connectivity index (χ0v) is 11.1. The predicted molar refractivity (Wildman–Crippen MR) is 69.3 cm³/mol. The number of benzene rings is 1. The maximum atomic E-state index is 11.1. The van der Waals surface area contributed by atoms with Crippen molar-refractivity contribution in [3.05, 3.63) is 33.9 Å². The summed E-state index contributed by atoms with van der Waals surface area (Å²) in [6.45, 7) is 5.49. The van der Waals surface area contributed by atoms with Gasteiger partial charge < -0.3 is 9.84 Å². The molecule has 0 fully saturated rings. The Labute approximate surface area is 111 Å². The molecule has 104 valence electrons. The van der Waals surface area contributed by atoms with Crippen LogP contribution in [0.5, 0.6) is 5.75 Å². The standard InChI is InChI=1S/C13H17NO5/c1-8(2)6-12(13(15)16)19-11-7-9(3)4-5-10(11)14(17)18/h4-5,7-8,12H,6H2,1-3H3,(H,15,16). The van der Waals surface area contributed by atoms with E-state index in [9.17, 15) is 14.9 Å². The fourth-order valence-corrected chi connectivity index (χ4v) is 1.65. The molecule has 6 nitrogen and oxygen atoms in total. The van der Waals surface area contributed by atoms with Crippen molar-refractivity contribution in [1.82, 2.24) is 0 Å². The summed E-state index contributed by atoms with van der Waals surface area (Å²) in [6.07, 6.45) is -0.791. The largest absolute Gasteiger partial charge is 0.479 e. The number of hydrogen-bond donors (Lipinski definition) is 1. The molecular formula is C13H17NO5. The topological polar surface area (TPSA) is 89.7 Å². The van der Waals surface area contributed by atoms with E-state index in [4.69, 9.17) is 9.84 Å². The molecule has 0 saturated carbocycles. The molecule has 1 N–H and O–H groups in total. The lowest BCUT2D eigenvalue weighted by Crippen LogP contribution is -2.28. The molecule has 1 aromatic rings. The number of nitrogens with zero attached hydrogens (tertiary/aromatic N) is 1. The van der Waals surface area contributed by atoms with Gasteiger partial charge in [-0.2, -0.15) is 0 Å².